The van der Waals surface area contributed by atoms with Crippen LogP contribution < -0.4 is 14.8 Å². The van der Waals surface area contributed by atoms with Gasteiger partial charge >= 0.3 is 5.97 Å². The van der Waals surface area contributed by atoms with Gasteiger partial charge in [-0.25, -0.2) is 4.79 Å². The molecule has 0 bridgehead atoms. The quantitative estimate of drug-likeness (QED) is 0.387. The Morgan fingerprint density at radius 3 is 2.68 bits per heavy atom. The van der Waals surface area contributed by atoms with Crippen LogP contribution in [0.2, 0.25) is 0 Å². The molecule has 25 heavy (non-hydrogen) atoms. The van der Waals surface area contributed by atoms with Crippen LogP contribution in [0.1, 0.15) is 0 Å². The molecule has 0 saturated heterocycles. The second kappa shape index (κ2) is 10.7. The summed E-state index contributed by atoms with van der Waals surface area (Å²) in [5.74, 6) is -0.0494. The lowest BCUT2D eigenvalue weighted by Gasteiger charge is -2.16. The number of carboxylic acids is 1. The van der Waals surface area contributed by atoms with Gasteiger partial charge < -0.3 is 29.7 Å². The molecule has 2 rings (SSSR count). The Hall–Kier alpha value is -2.13. The van der Waals surface area contributed by atoms with E-state index in [-0.39, 0.29) is 13.2 Å². The molecule has 2 aromatic rings. The Balaban J connectivity index is 1.59. The molecule has 0 saturated carbocycles. The number of para-hydroxylation sites is 1. The van der Waals surface area contributed by atoms with Crippen molar-refractivity contribution in [1.82, 2.24) is 5.32 Å². The van der Waals surface area contributed by atoms with Crippen molar-refractivity contribution in [2.45, 2.75) is 12.4 Å². The number of hydrogen-bond donors (Lipinski definition) is 3. The summed E-state index contributed by atoms with van der Waals surface area (Å²) in [4.78, 5) is 11.1. The Bertz CT molecular complexity index is 607. The van der Waals surface area contributed by atoms with E-state index in [0.717, 1.165) is 5.75 Å². The van der Waals surface area contributed by atoms with Crippen LogP contribution in [0.3, 0.4) is 0 Å². The minimum absolute atomic E-state index is 0.127. The molecule has 8 heteroatoms. The van der Waals surface area contributed by atoms with Crippen LogP contribution >= 0.6 is 11.3 Å². The normalized spacial score (nSPS) is 13.2. The molecule has 1 aromatic carbocycles. The van der Waals surface area contributed by atoms with Crippen molar-refractivity contribution < 1.29 is 29.2 Å². The van der Waals surface area contributed by atoms with Gasteiger partial charge in [-0.2, -0.15) is 0 Å². The molecule has 3 N–H and O–H groups in total. The highest BCUT2D eigenvalue weighted by Gasteiger charge is 2.19. The first kappa shape index (κ1) is 19.2. The Morgan fingerprint density at radius 2 is 2.00 bits per heavy atom. The predicted molar refractivity (Wildman–Crippen MR) is 93.1 cm³/mol. The molecule has 136 valence electrons. The maximum absolute atomic E-state index is 11.1. The molecule has 1 heterocycles. The van der Waals surface area contributed by atoms with E-state index in [9.17, 15) is 9.90 Å². The topological polar surface area (TPSA) is 97.3 Å². The van der Waals surface area contributed by atoms with Crippen LogP contribution in [0.4, 0.5) is 0 Å². The first-order chi connectivity index (χ1) is 12.1. The molecule has 0 aliphatic heterocycles. The molecule has 0 amide bonds. The Morgan fingerprint density at radius 1 is 1.20 bits per heavy atom. The van der Waals surface area contributed by atoms with Crippen molar-refractivity contribution in [1.29, 1.82) is 0 Å². The van der Waals surface area contributed by atoms with Gasteiger partial charge in [0.2, 0.25) is 0 Å². The highest BCUT2D eigenvalue weighted by Crippen LogP contribution is 2.14. The van der Waals surface area contributed by atoms with Crippen molar-refractivity contribution in [3.63, 3.8) is 0 Å². The number of carboxylic acid groups (broad SMARTS) is 1. The van der Waals surface area contributed by atoms with Crippen molar-refractivity contribution in [3.05, 3.63) is 47.2 Å². The van der Waals surface area contributed by atoms with Gasteiger partial charge in [0, 0.05) is 18.5 Å². The number of aliphatic hydroxyl groups is 1. The lowest BCUT2D eigenvalue weighted by atomic mass is 10.3. The number of hydrogen-bond acceptors (Lipinski definition) is 7. The minimum Gasteiger partial charge on any atom is -0.490 e. The summed E-state index contributed by atoms with van der Waals surface area (Å²) in [6.07, 6.45) is -2.05. The highest BCUT2D eigenvalue weighted by atomic mass is 32.1. The lowest BCUT2D eigenvalue weighted by molar-refractivity contribution is -0.170. The predicted octanol–water partition coefficient (Wildman–Crippen LogP) is 1.58. The largest absolute Gasteiger partial charge is 0.490 e. The standard InChI is InChI=1S/C17H21NO6S/c19-13(11-23-15-6-9-25-12-15)10-18-7-8-22-17(16(20)21)24-14-4-2-1-3-5-14/h1-6,9,12-13,17-19H,7-8,10-11H2,(H,20,21). The second-order valence-corrected chi connectivity index (χ2v) is 5.88. The number of rotatable bonds is 12. The van der Waals surface area contributed by atoms with Crippen LogP contribution in [-0.2, 0) is 9.53 Å². The molecule has 7 nitrogen and oxygen atoms in total. The van der Waals surface area contributed by atoms with Crippen LogP contribution in [0.15, 0.2) is 47.2 Å². The third-order valence-electron chi connectivity index (χ3n) is 3.05. The summed E-state index contributed by atoms with van der Waals surface area (Å²) >= 11 is 1.52. The van der Waals surface area contributed by atoms with E-state index < -0.39 is 18.4 Å². The number of aliphatic hydroxyl groups excluding tert-OH is 1. The van der Waals surface area contributed by atoms with Crippen molar-refractivity contribution >= 4 is 17.3 Å². The fraction of sp³-hybridized carbons (Fsp3) is 0.353. The summed E-state index contributed by atoms with van der Waals surface area (Å²) in [5, 5.41) is 25.6. The molecular weight excluding hydrogens is 346 g/mol. The van der Waals surface area contributed by atoms with Gasteiger partial charge in [0.15, 0.2) is 0 Å². The second-order valence-electron chi connectivity index (χ2n) is 5.10. The maximum Gasteiger partial charge on any atom is 0.373 e. The SMILES string of the molecule is O=C(O)C(OCCNCC(O)COc1ccsc1)Oc1ccccc1. The Kier molecular flexibility index (Phi) is 8.20. The van der Waals surface area contributed by atoms with E-state index in [1.54, 1.807) is 30.3 Å². The molecule has 0 radical (unpaired) electrons. The molecule has 1 aromatic heterocycles. The van der Waals surface area contributed by atoms with E-state index in [1.165, 1.54) is 11.3 Å². The number of carbonyl (C=O) groups is 1. The van der Waals surface area contributed by atoms with Gasteiger partial charge in [-0.15, -0.1) is 11.3 Å². The summed E-state index contributed by atoms with van der Waals surface area (Å²) < 4.78 is 15.9. The summed E-state index contributed by atoms with van der Waals surface area (Å²) in [6.45, 7) is 0.990. The van der Waals surface area contributed by atoms with E-state index >= 15 is 0 Å². The fourth-order valence-corrected chi connectivity index (χ4v) is 2.44. The molecule has 0 aliphatic carbocycles. The van der Waals surface area contributed by atoms with Crippen LogP contribution in [0, 0.1) is 0 Å². The zero-order valence-electron chi connectivity index (χ0n) is 13.5. The first-order valence-electron chi connectivity index (χ1n) is 7.75. The van der Waals surface area contributed by atoms with Gasteiger partial charge in [-0.05, 0) is 23.6 Å². The minimum atomic E-state index is -1.38. The average Bonchev–Trinajstić information content (AvgIpc) is 3.13. The molecular formula is C17H21NO6S. The van der Waals surface area contributed by atoms with Crippen LogP contribution in [-0.4, -0.2) is 54.9 Å². The van der Waals surface area contributed by atoms with Crippen LogP contribution in [0.5, 0.6) is 11.5 Å². The number of nitrogens with one attached hydrogen (secondary N) is 1. The summed E-state index contributed by atoms with van der Waals surface area (Å²) in [7, 11) is 0. The maximum atomic E-state index is 11.1. The van der Waals surface area contributed by atoms with Crippen molar-refractivity contribution in [2.24, 2.45) is 0 Å². The van der Waals surface area contributed by atoms with Crippen molar-refractivity contribution in [2.75, 3.05) is 26.3 Å². The fourth-order valence-electron chi connectivity index (χ4n) is 1.87. The number of aliphatic carboxylic acids is 1. The number of benzene rings is 1. The molecule has 2 unspecified atom stereocenters. The van der Waals surface area contributed by atoms with E-state index in [4.69, 9.17) is 19.3 Å². The third-order valence-corrected chi connectivity index (χ3v) is 3.72. The van der Waals surface area contributed by atoms with E-state index in [0.29, 0.717) is 18.8 Å². The zero-order chi connectivity index (χ0) is 17.9. The summed E-state index contributed by atoms with van der Waals surface area (Å²) in [5.41, 5.74) is 0. The number of ether oxygens (including phenoxy) is 3. The molecule has 2 atom stereocenters. The smallest absolute Gasteiger partial charge is 0.373 e. The average molecular weight is 367 g/mol. The highest BCUT2D eigenvalue weighted by molar-refractivity contribution is 7.08. The molecule has 0 aliphatic rings. The van der Waals surface area contributed by atoms with Crippen LogP contribution in [0.25, 0.3) is 0 Å². The van der Waals surface area contributed by atoms with Gasteiger partial charge in [0.05, 0.1) is 6.61 Å². The van der Waals surface area contributed by atoms with Crippen molar-refractivity contribution in [3.8, 4) is 11.5 Å². The van der Waals surface area contributed by atoms with Gasteiger partial charge in [-0.3, -0.25) is 0 Å². The molecule has 0 fully saturated rings. The van der Waals surface area contributed by atoms with Gasteiger partial charge in [0.25, 0.3) is 6.29 Å². The van der Waals surface area contributed by atoms with E-state index in [2.05, 4.69) is 5.32 Å². The first-order valence-corrected chi connectivity index (χ1v) is 8.69. The Labute approximate surface area is 149 Å². The van der Waals surface area contributed by atoms with Gasteiger partial charge in [-0.1, -0.05) is 18.2 Å². The van der Waals surface area contributed by atoms with Gasteiger partial charge in [0.1, 0.15) is 24.2 Å². The lowest BCUT2D eigenvalue weighted by Crippen LogP contribution is -2.36. The number of thiophene rings is 1. The van der Waals surface area contributed by atoms with E-state index in [1.807, 2.05) is 16.8 Å². The molecule has 0 spiro atoms. The third kappa shape index (κ3) is 7.53. The zero-order valence-corrected chi connectivity index (χ0v) is 14.4. The summed E-state index contributed by atoms with van der Waals surface area (Å²) in [6, 6.07) is 10.4. The monoisotopic (exact) mass is 367 g/mol.